The summed E-state index contributed by atoms with van der Waals surface area (Å²) >= 11 is 0. The monoisotopic (exact) mass is 243 g/mol. The van der Waals surface area contributed by atoms with Crippen LogP contribution in [0.5, 0.6) is 5.75 Å². The van der Waals surface area contributed by atoms with Gasteiger partial charge in [-0.25, -0.2) is 5.01 Å². The number of nitrogens with one attached hydrogen (secondary N) is 1. The molecule has 3 rings (SSSR count). The number of hydrazine groups is 2. The van der Waals surface area contributed by atoms with Crippen LogP contribution in [0.25, 0.3) is 0 Å². The number of benzene rings is 2. The summed E-state index contributed by atoms with van der Waals surface area (Å²) in [5.41, 5.74) is 5.88. The van der Waals surface area contributed by atoms with Crippen molar-refractivity contribution in [3.05, 3.63) is 48.0 Å². The van der Waals surface area contributed by atoms with Crippen molar-refractivity contribution in [3.8, 4) is 5.75 Å². The van der Waals surface area contributed by atoms with Crippen LogP contribution in [-0.4, -0.2) is 15.6 Å². The molecule has 0 fully saturated rings. The van der Waals surface area contributed by atoms with Crippen LogP contribution in [0.3, 0.4) is 0 Å². The molecule has 0 aromatic heterocycles. The fourth-order valence-electron chi connectivity index (χ4n) is 2.05. The highest BCUT2D eigenvalue weighted by Gasteiger charge is 2.28. The molecule has 5 nitrogen and oxygen atoms in total. The number of anilines is 3. The summed E-state index contributed by atoms with van der Waals surface area (Å²) < 4.78 is 0. The minimum atomic E-state index is 0.109. The molecule has 1 aliphatic rings. The maximum absolute atomic E-state index is 9.93. The molecule has 0 saturated carbocycles. The summed E-state index contributed by atoms with van der Waals surface area (Å²) in [5.74, 6) is 0.109. The molecule has 0 unspecified atom stereocenters. The standard InChI is InChI=1S/C13H13N3O2/c1-9-6-7-13(17)12(8-9)15-11-5-3-2-4-10(11)14-16(15)18/h2-8,14,17-18H,1H3. The van der Waals surface area contributed by atoms with Crippen molar-refractivity contribution >= 4 is 17.1 Å². The smallest absolute Gasteiger partial charge is 0.140 e. The Morgan fingerprint density at radius 3 is 2.67 bits per heavy atom. The van der Waals surface area contributed by atoms with Gasteiger partial charge in [0.15, 0.2) is 0 Å². The molecule has 1 aliphatic heterocycles. The van der Waals surface area contributed by atoms with Gasteiger partial charge >= 0.3 is 0 Å². The van der Waals surface area contributed by atoms with Crippen molar-refractivity contribution < 1.29 is 10.3 Å². The van der Waals surface area contributed by atoms with Crippen LogP contribution in [0.2, 0.25) is 0 Å². The Bertz CT molecular complexity index is 601. The van der Waals surface area contributed by atoms with E-state index in [0.29, 0.717) is 5.69 Å². The second-order valence-corrected chi connectivity index (χ2v) is 4.22. The second kappa shape index (κ2) is 3.90. The number of aromatic hydroxyl groups is 1. The lowest BCUT2D eigenvalue weighted by atomic mass is 10.2. The lowest BCUT2D eigenvalue weighted by Crippen LogP contribution is -2.35. The van der Waals surface area contributed by atoms with Crippen LogP contribution in [0, 0.1) is 6.92 Å². The molecule has 5 heteroatoms. The Hall–Kier alpha value is -2.24. The molecule has 0 saturated heterocycles. The van der Waals surface area contributed by atoms with Crippen molar-refractivity contribution in [1.82, 2.24) is 5.28 Å². The first kappa shape index (κ1) is 10.9. The van der Waals surface area contributed by atoms with Gasteiger partial charge in [-0.05, 0) is 36.8 Å². The number of rotatable bonds is 1. The first-order valence-corrected chi connectivity index (χ1v) is 5.61. The highest BCUT2D eigenvalue weighted by Crippen LogP contribution is 2.41. The van der Waals surface area contributed by atoms with Gasteiger partial charge in [0.1, 0.15) is 11.4 Å². The van der Waals surface area contributed by atoms with E-state index in [4.69, 9.17) is 0 Å². The highest BCUT2D eigenvalue weighted by molar-refractivity contribution is 5.81. The quantitative estimate of drug-likeness (QED) is 0.719. The fraction of sp³-hybridized carbons (Fsp3) is 0.0769. The predicted octanol–water partition coefficient (Wildman–Crippen LogP) is 2.79. The Labute approximate surface area is 104 Å². The molecule has 0 radical (unpaired) electrons. The number of hydrogen-bond acceptors (Lipinski definition) is 5. The van der Waals surface area contributed by atoms with Crippen LogP contribution in [0.15, 0.2) is 42.5 Å². The molecule has 2 aromatic rings. The number of phenolic OH excluding ortho intramolecular Hbond substituents is 1. The van der Waals surface area contributed by atoms with E-state index < -0.39 is 0 Å². The van der Waals surface area contributed by atoms with Gasteiger partial charge in [0.05, 0.1) is 11.4 Å². The number of para-hydroxylation sites is 2. The van der Waals surface area contributed by atoms with Crippen molar-refractivity contribution in [1.29, 1.82) is 0 Å². The van der Waals surface area contributed by atoms with E-state index in [1.807, 2.05) is 43.3 Å². The van der Waals surface area contributed by atoms with Crippen LogP contribution in [-0.2, 0) is 0 Å². The Morgan fingerprint density at radius 1 is 1.06 bits per heavy atom. The van der Waals surface area contributed by atoms with Crippen molar-refractivity contribution in [2.75, 3.05) is 10.4 Å². The maximum atomic E-state index is 9.93. The van der Waals surface area contributed by atoms with Crippen LogP contribution in [0.1, 0.15) is 5.56 Å². The normalized spacial score (nSPS) is 14.4. The zero-order valence-electron chi connectivity index (χ0n) is 9.83. The topological polar surface area (TPSA) is 59.0 Å². The van der Waals surface area contributed by atoms with E-state index in [2.05, 4.69) is 5.43 Å². The molecule has 0 atom stereocenters. The van der Waals surface area contributed by atoms with E-state index in [9.17, 15) is 10.3 Å². The fourth-order valence-corrected chi connectivity index (χ4v) is 2.05. The Kier molecular flexibility index (Phi) is 2.36. The maximum Gasteiger partial charge on any atom is 0.140 e. The largest absolute Gasteiger partial charge is 0.506 e. The molecule has 0 spiro atoms. The third-order valence-corrected chi connectivity index (χ3v) is 2.90. The van der Waals surface area contributed by atoms with Gasteiger partial charge in [0.25, 0.3) is 0 Å². The van der Waals surface area contributed by atoms with Crippen molar-refractivity contribution in [3.63, 3.8) is 0 Å². The number of phenols is 1. The average molecular weight is 243 g/mol. The first-order valence-electron chi connectivity index (χ1n) is 5.61. The van der Waals surface area contributed by atoms with Gasteiger partial charge in [0.2, 0.25) is 0 Å². The average Bonchev–Trinajstić information content (AvgIpc) is 2.68. The van der Waals surface area contributed by atoms with Gasteiger partial charge < -0.3 is 5.11 Å². The number of hydrogen-bond donors (Lipinski definition) is 3. The summed E-state index contributed by atoms with van der Waals surface area (Å²) in [6.07, 6.45) is 0. The lowest BCUT2D eigenvalue weighted by molar-refractivity contribution is -0.0598. The molecule has 0 bridgehead atoms. The number of nitrogens with zero attached hydrogens (tertiary/aromatic N) is 2. The molecular formula is C13H13N3O2. The Morgan fingerprint density at radius 2 is 1.83 bits per heavy atom. The van der Waals surface area contributed by atoms with Crippen molar-refractivity contribution in [2.45, 2.75) is 6.92 Å². The zero-order chi connectivity index (χ0) is 12.7. The van der Waals surface area contributed by atoms with E-state index in [-0.39, 0.29) is 5.75 Å². The molecule has 3 N–H and O–H groups in total. The number of fused-ring (bicyclic) bond motifs is 1. The van der Waals surface area contributed by atoms with Gasteiger partial charge in [-0.2, -0.15) is 0 Å². The minimum absolute atomic E-state index is 0.109. The molecule has 1 heterocycles. The van der Waals surface area contributed by atoms with E-state index in [1.54, 1.807) is 6.07 Å². The van der Waals surface area contributed by atoms with E-state index >= 15 is 0 Å². The predicted molar refractivity (Wildman–Crippen MR) is 68.7 cm³/mol. The third kappa shape index (κ3) is 1.57. The minimum Gasteiger partial charge on any atom is -0.506 e. The highest BCUT2D eigenvalue weighted by atomic mass is 16.6. The second-order valence-electron chi connectivity index (χ2n) is 4.22. The van der Waals surface area contributed by atoms with Crippen LogP contribution >= 0.6 is 0 Å². The van der Waals surface area contributed by atoms with E-state index in [0.717, 1.165) is 22.2 Å². The van der Waals surface area contributed by atoms with Crippen molar-refractivity contribution in [2.24, 2.45) is 0 Å². The zero-order valence-corrected chi connectivity index (χ0v) is 9.83. The summed E-state index contributed by atoms with van der Waals surface area (Å²) in [6.45, 7) is 1.93. The van der Waals surface area contributed by atoms with Crippen LogP contribution < -0.4 is 10.4 Å². The summed E-state index contributed by atoms with van der Waals surface area (Å²) in [6, 6.07) is 12.7. The molecule has 0 amide bonds. The molecule has 0 aliphatic carbocycles. The Balaban J connectivity index is 2.14. The molecular weight excluding hydrogens is 230 g/mol. The summed E-state index contributed by atoms with van der Waals surface area (Å²) in [4.78, 5) is 0. The molecule has 18 heavy (non-hydrogen) atoms. The van der Waals surface area contributed by atoms with Gasteiger partial charge in [-0.1, -0.05) is 18.2 Å². The third-order valence-electron chi connectivity index (χ3n) is 2.90. The molecule has 92 valence electrons. The first-order chi connectivity index (χ1) is 8.66. The van der Waals surface area contributed by atoms with Gasteiger partial charge in [-0.3, -0.25) is 10.6 Å². The summed E-state index contributed by atoms with van der Waals surface area (Å²) in [7, 11) is 0. The van der Waals surface area contributed by atoms with E-state index in [1.165, 1.54) is 5.01 Å². The lowest BCUT2D eigenvalue weighted by Gasteiger charge is -2.24. The van der Waals surface area contributed by atoms with Gasteiger partial charge in [-0.15, -0.1) is 0 Å². The number of aryl methyl sites for hydroxylation is 1. The van der Waals surface area contributed by atoms with Gasteiger partial charge in [0, 0.05) is 5.28 Å². The van der Waals surface area contributed by atoms with Crippen LogP contribution in [0.4, 0.5) is 17.1 Å². The summed E-state index contributed by atoms with van der Waals surface area (Å²) in [5, 5.41) is 22.2. The molecule has 2 aromatic carbocycles. The SMILES string of the molecule is Cc1ccc(O)c(N2c3ccccc3NN2O)c1.